The van der Waals surface area contributed by atoms with Crippen LogP contribution in [0.5, 0.6) is 5.75 Å². The fraction of sp³-hybridized carbons (Fsp3) is 0.345. The lowest BCUT2D eigenvalue weighted by Crippen LogP contribution is -2.39. The van der Waals surface area contributed by atoms with Gasteiger partial charge in [0.25, 0.3) is 0 Å². The van der Waals surface area contributed by atoms with Crippen molar-refractivity contribution in [2.75, 3.05) is 6.54 Å². The number of allylic oxidation sites excluding steroid dienone is 4. The fourth-order valence-corrected chi connectivity index (χ4v) is 5.56. The highest BCUT2D eigenvalue weighted by molar-refractivity contribution is 6.06. The lowest BCUT2D eigenvalue weighted by atomic mass is 9.71. The first-order valence-electron chi connectivity index (χ1n) is 12.4. The quantitative estimate of drug-likeness (QED) is 0.569. The number of carbonyl (C=O) groups excluding carboxylic acids is 2. The molecule has 7 heteroatoms. The summed E-state index contributed by atoms with van der Waals surface area (Å²) < 4.78 is 19.7. The van der Waals surface area contributed by atoms with E-state index in [-0.39, 0.29) is 37.0 Å². The number of halogens is 1. The van der Waals surface area contributed by atoms with E-state index in [9.17, 15) is 23.9 Å². The van der Waals surface area contributed by atoms with Crippen LogP contribution in [-0.2, 0) is 21.0 Å². The van der Waals surface area contributed by atoms with Crippen LogP contribution in [0.2, 0.25) is 0 Å². The molecule has 0 fully saturated rings. The highest BCUT2D eigenvalue weighted by Gasteiger charge is 2.43. The van der Waals surface area contributed by atoms with Gasteiger partial charge >= 0.3 is 5.97 Å². The number of Topliss-reactive ketones (excluding diaryl/α,β-unsaturated/α-hetero) is 2. The standard InChI is InChI=1S/C29H28FNO5/c30-21-6-2-1-5-19(21)17-36-20-13-11-18(12-14-20)27-28-22(7-3-9-24(28)32)31(16-15-26(34)35)23-8-4-10-25(33)29(23)27/h1-2,5-6,11-14,27H,3-4,7-10,15-17H2,(H,34,35). The summed E-state index contributed by atoms with van der Waals surface area (Å²) in [6, 6.07) is 13.8. The van der Waals surface area contributed by atoms with Crippen molar-refractivity contribution in [3.05, 3.63) is 88.0 Å². The van der Waals surface area contributed by atoms with Crippen LogP contribution in [0.1, 0.15) is 62.0 Å². The molecule has 36 heavy (non-hydrogen) atoms. The predicted molar refractivity (Wildman–Crippen MR) is 131 cm³/mol. The number of carbonyl (C=O) groups is 3. The van der Waals surface area contributed by atoms with Gasteiger partial charge in [0.2, 0.25) is 0 Å². The molecule has 2 aliphatic carbocycles. The Kier molecular flexibility index (Phi) is 6.72. The van der Waals surface area contributed by atoms with Crippen molar-refractivity contribution in [1.82, 2.24) is 4.90 Å². The van der Waals surface area contributed by atoms with Crippen LogP contribution in [0.15, 0.2) is 71.1 Å². The second-order valence-electron chi connectivity index (χ2n) is 9.45. The molecule has 0 unspecified atom stereocenters. The maximum absolute atomic E-state index is 13.9. The highest BCUT2D eigenvalue weighted by atomic mass is 19.1. The summed E-state index contributed by atoms with van der Waals surface area (Å²) in [5, 5.41) is 9.30. The van der Waals surface area contributed by atoms with E-state index in [1.807, 2.05) is 17.0 Å². The number of ketones is 2. The Bertz CT molecular complexity index is 1230. The van der Waals surface area contributed by atoms with E-state index < -0.39 is 11.9 Å². The molecule has 0 aromatic heterocycles. The third-order valence-corrected chi connectivity index (χ3v) is 7.20. The molecule has 3 aliphatic rings. The largest absolute Gasteiger partial charge is 0.489 e. The molecule has 1 aliphatic heterocycles. The molecule has 6 nitrogen and oxygen atoms in total. The van der Waals surface area contributed by atoms with Gasteiger partial charge in [-0.3, -0.25) is 14.4 Å². The first-order valence-corrected chi connectivity index (χ1v) is 12.4. The summed E-state index contributed by atoms with van der Waals surface area (Å²) in [6.45, 7) is 0.346. The minimum absolute atomic E-state index is 0.0198. The third-order valence-electron chi connectivity index (χ3n) is 7.20. The van der Waals surface area contributed by atoms with E-state index in [0.29, 0.717) is 61.0 Å². The molecule has 0 radical (unpaired) electrons. The molecular weight excluding hydrogens is 461 g/mol. The average Bonchev–Trinajstić information content (AvgIpc) is 2.87. The maximum atomic E-state index is 13.9. The van der Waals surface area contributed by atoms with Gasteiger partial charge in [0.15, 0.2) is 11.6 Å². The fourth-order valence-electron chi connectivity index (χ4n) is 5.56. The minimum Gasteiger partial charge on any atom is -0.489 e. The van der Waals surface area contributed by atoms with Crippen molar-refractivity contribution in [3.63, 3.8) is 0 Å². The number of aliphatic carboxylic acids is 1. The van der Waals surface area contributed by atoms with Gasteiger partial charge in [-0.25, -0.2) is 4.39 Å². The summed E-state index contributed by atoms with van der Waals surface area (Å²) in [5.74, 6) is -1.09. The van der Waals surface area contributed by atoms with E-state index in [1.165, 1.54) is 6.07 Å². The van der Waals surface area contributed by atoms with Crippen molar-refractivity contribution in [2.45, 2.75) is 57.5 Å². The minimum atomic E-state index is -0.906. The number of benzene rings is 2. The predicted octanol–water partition coefficient (Wildman–Crippen LogP) is 5.29. The Morgan fingerprint density at radius 1 is 0.917 bits per heavy atom. The zero-order valence-corrected chi connectivity index (χ0v) is 20.0. The first kappa shape index (κ1) is 24.0. The monoisotopic (exact) mass is 489 g/mol. The Morgan fingerprint density at radius 2 is 1.53 bits per heavy atom. The van der Waals surface area contributed by atoms with E-state index in [0.717, 1.165) is 17.0 Å². The van der Waals surface area contributed by atoms with Crippen LogP contribution in [0, 0.1) is 5.82 Å². The van der Waals surface area contributed by atoms with Gasteiger partial charge < -0.3 is 14.7 Å². The normalized spacial score (nSPS) is 18.3. The van der Waals surface area contributed by atoms with Crippen LogP contribution in [0.3, 0.4) is 0 Å². The molecule has 2 aromatic rings. The van der Waals surface area contributed by atoms with Crippen LogP contribution in [-0.4, -0.2) is 34.1 Å². The zero-order valence-electron chi connectivity index (χ0n) is 20.0. The molecular formula is C29H28FNO5. The molecule has 2 aromatic carbocycles. The average molecular weight is 490 g/mol. The SMILES string of the molecule is O=C(O)CCN1C2=C(C(=O)CCC2)C(c2ccc(OCc3ccccc3F)cc2)C2=C1CCCC2=O. The van der Waals surface area contributed by atoms with Gasteiger partial charge in [-0.1, -0.05) is 30.3 Å². The van der Waals surface area contributed by atoms with Gasteiger partial charge in [-0.15, -0.1) is 0 Å². The van der Waals surface area contributed by atoms with Crippen molar-refractivity contribution in [3.8, 4) is 5.75 Å². The number of ether oxygens (including phenoxy) is 1. The van der Waals surface area contributed by atoms with Crippen LogP contribution < -0.4 is 4.74 Å². The second kappa shape index (κ2) is 10.1. The number of carboxylic acids is 1. The van der Waals surface area contributed by atoms with Crippen LogP contribution >= 0.6 is 0 Å². The lowest BCUT2D eigenvalue weighted by molar-refractivity contribution is -0.137. The topological polar surface area (TPSA) is 83.9 Å². The van der Waals surface area contributed by atoms with Gasteiger partial charge in [-0.2, -0.15) is 0 Å². The third kappa shape index (κ3) is 4.57. The Hall–Kier alpha value is -3.74. The van der Waals surface area contributed by atoms with E-state index in [1.54, 1.807) is 30.3 Å². The van der Waals surface area contributed by atoms with Crippen molar-refractivity contribution in [2.24, 2.45) is 0 Å². The molecule has 0 amide bonds. The number of rotatable bonds is 7. The molecule has 0 bridgehead atoms. The lowest BCUT2D eigenvalue weighted by Gasteiger charge is -2.44. The molecule has 0 spiro atoms. The molecule has 186 valence electrons. The molecule has 1 N–H and O–H groups in total. The smallest absolute Gasteiger partial charge is 0.305 e. The summed E-state index contributed by atoms with van der Waals surface area (Å²) in [4.78, 5) is 39.8. The van der Waals surface area contributed by atoms with Crippen molar-refractivity contribution in [1.29, 1.82) is 0 Å². The molecule has 0 saturated carbocycles. The van der Waals surface area contributed by atoms with Crippen LogP contribution in [0.25, 0.3) is 0 Å². The molecule has 0 atom stereocenters. The van der Waals surface area contributed by atoms with Gasteiger partial charge in [-0.05, 0) is 49.4 Å². The Morgan fingerprint density at radius 3 is 2.11 bits per heavy atom. The molecule has 5 rings (SSSR count). The molecule has 1 heterocycles. The zero-order chi connectivity index (χ0) is 25.2. The summed E-state index contributed by atoms with van der Waals surface area (Å²) >= 11 is 0. The highest BCUT2D eigenvalue weighted by Crippen LogP contribution is 2.49. The van der Waals surface area contributed by atoms with Gasteiger partial charge in [0.1, 0.15) is 18.2 Å². The van der Waals surface area contributed by atoms with E-state index in [4.69, 9.17) is 4.74 Å². The number of nitrogens with zero attached hydrogens (tertiary/aromatic N) is 1. The first-order chi connectivity index (χ1) is 17.4. The summed E-state index contributed by atoms with van der Waals surface area (Å²) in [5.41, 5.74) is 4.27. The maximum Gasteiger partial charge on any atom is 0.305 e. The van der Waals surface area contributed by atoms with E-state index >= 15 is 0 Å². The molecule has 0 saturated heterocycles. The summed E-state index contributed by atoms with van der Waals surface area (Å²) in [7, 11) is 0. The van der Waals surface area contributed by atoms with Gasteiger partial charge in [0, 0.05) is 53.4 Å². The second-order valence-corrected chi connectivity index (χ2v) is 9.45. The van der Waals surface area contributed by atoms with Crippen molar-refractivity contribution >= 4 is 17.5 Å². The number of hydrogen-bond acceptors (Lipinski definition) is 5. The van der Waals surface area contributed by atoms with E-state index in [2.05, 4.69) is 0 Å². The van der Waals surface area contributed by atoms with Crippen LogP contribution in [0.4, 0.5) is 4.39 Å². The number of hydrogen-bond donors (Lipinski definition) is 1. The summed E-state index contributed by atoms with van der Waals surface area (Å²) in [6.07, 6.45) is 3.58. The van der Waals surface area contributed by atoms with Crippen molar-refractivity contribution < 1.29 is 28.6 Å². The Balaban J connectivity index is 1.50. The van der Waals surface area contributed by atoms with Gasteiger partial charge in [0.05, 0.1) is 6.42 Å². The number of carboxylic acid groups (broad SMARTS) is 1. The Labute approximate surface area is 209 Å².